The summed E-state index contributed by atoms with van der Waals surface area (Å²) in [7, 11) is 1.74. The minimum Gasteiger partial charge on any atom is -0.333 e. The second-order valence-corrected chi connectivity index (χ2v) is 3.87. The van der Waals surface area contributed by atoms with E-state index in [9.17, 15) is 4.39 Å². The van der Waals surface area contributed by atoms with Gasteiger partial charge in [-0.25, -0.2) is 9.38 Å². The number of rotatable bonds is 3. The Morgan fingerprint density at radius 2 is 2.18 bits per heavy atom. The molecule has 0 aliphatic heterocycles. The molecular weight excluding hydrogens is 239 g/mol. The van der Waals surface area contributed by atoms with Crippen LogP contribution >= 0.6 is 11.6 Å². The van der Waals surface area contributed by atoms with Crippen LogP contribution in [0.1, 0.15) is 12.5 Å². The van der Waals surface area contributed by atoms with Crippen LogP contribution in [0.4, 0.5) is 4.39 Å². The van der Waals surface area contributed by atoms with Crippen molar-refractivity contribution in [1.82, 2.24) is 4.90 Å². The molecule has 1 aromatic rings. The average Bonchev–Trinajstić information content (AvgIpc) is 2.27. The predicted molar refractivity (Wildman–Crippen MR) is 71.5 cm³/mol. The second-order valence-electron chi connectivity index (χ2n) is 3.46. The van der Waals surface area contributed by atoms with Gasteiger partial charge in [-0.2, -0.15) is 0 Å². The lowest BCUT2D eigenvalue weighted by Gasteiger charge is -2.22. The molecule has 2 nitrogen and oxygen atoms in total. The topological polar surface area (TPSA) is 15.6 Å². The van der Waals surface area contributed by atoms with Crippen molar-refractivity contribution in [3.63, 3.8) is 0 Å². The minimum atomic E-state index is -0.402. The fourth-order valence-electron chi connectivity index (χ4n) is 1.36. The summed E-state index contributed by atoms with van der Waals surface area (Å²) in [6.07, 6.45) is 1.42. The van der Waals surface area contributed by atoms with Crippen LogP contribution in [0.3, 0.4) is 0 Å². The largest absolute Gasteiger partial charge is 0.333 e. The zero-order valence-corrected chi connectivity index (χ0v) is 10.6. The summed E-state index contributed by atoms with van der Waals surface area (Å²) < 4.78 is 13.7. The van der Waals surface area contributed by atoms with Gasteiger partial charge in [-0.1, -0.05) is 30.8 Å². The van der Waals surface area contributed by atoms with Crippen molar-refractivity contribution in [3.05, 3.63) is 54.0 Å². The molecule has 0 atom stereocenters. The van der Waals surface area contributed by atoms with Gasteiger partial charge in [-0.05, 0) is 19.1 Å². The number of halogens is 2. The Hall–Kier alpha value is -1.61. The van der Waals surface area contributed by atoms with Crippen LogP contribution in [0.2, 0.25) is 5.02 Å². The van der Waals surface area contributed by atoms with E-state index in [0.717, 1.165) is 0 Å². The molecule has 17 heavy (non-hydrogen) atoms. The van der Waals surface area contributed by atoms with Crippen LogP contribution in [-0.4, -0.2) is 17.8 Å². The predicted octanol–water partition coefficient (Wildman–Crippen LogP) is 3.94. The van der Waals surface area contributed by atoms with E-state index in [1.54, 1.807) is 31.0 Å². The number of hydrogen-bond donors (Lipinski definition) is 0. The fraction of sp³-hybridized carbons (Fsp3) is 0.154. The third kappa shape index (κ3) is 2.94. The van der Waals surface area contributed by atoms with Gasteiger partial charge in [0, 0.05) is 18.9 Å². The zero-order chi connectivity index (χ0) is 13.0. The smallest absolute Gasteiger partial charge is 0.134 e. The molecule has 1 rings (SSSR count). The summed E-state index contributed by atoms with van der Waals surface area (Å²) in [4.78, 5) is 5.67. The van der Waals surface area contributed by atoms with E-state index in [0.29, 0.717) is 16.6 Å². The summed E-state index contributed by atoms with van der Waals surface area (Å²) in [5.41, 5.74) is 0.742. The Bertz CT molecular complexity index is 460. The van der Waals surface area contributed by atoms with E-state index < -0.39 is 5.82 Å². The molecule has 0 radical (unpaired) electrons. The average molecular weight is 253 g/mol. The van der Waals surface area contributed by atoms with Gasteiger partial charge in [-0.15, -0.1) is 0 Å². The molecule has 4 heteroatoms. The lowest BCUT2D eigenvalue weighted by molar-refractivity contribution is 0.614. The van der Waals surface area contributed by atoms with Crippen molar-refractivity contribution in [2.45, 2.75) is 6.92 Å². The van der Waals surface area contributed by atoms with E-state index >= 15 is 0 Å². The summed E-state index contributed by atoms with van der Waals surface area (Å²) in [6, 6.07) is 4.53. The number of hydrogen-bond acceptors (Lipinski definition) is 1. The van der Waals surface area contributed by atoms with Gasteiger partial charge in [0.15, 0.2) is 0 Å². The quantitative estimate of drug-likeness (QED) is 0.588. The van der Waals surface area contributed by atoms with Crippen LogP contribution in [0.15, 0.2) is 42.5 Å². The van der Waals surface area contributed by atoms with E-state index in [1.807, 2.05) is 0 Å². The van der Waals surface area contributed by atoms with Gasteiger partial charge in [0.25, 0.3) is 0 Å². The van der Waals surface area contributed by atoms with Gasteiger partial charge in [-0.3, -0.25) is 0 Å². The molecule has 0 aliphatic carbocycles. The Morgan fingerprint density at radius 1 is 1.53 bits per heavy atom. The standard InChI is InChI=1S/C13H14ClFN2/c1-5-16-10(3)17(4)9(2)13-11(14)7-6-8-12(13)15/h5-8H,1-2H2,3-4H3/b16-10+. The number of benzene rings is 1. The molecule has 0 heterocycles. The molecule has 1 aromatic carbocycles. The number of nitrogens with zero attached hydrogens (tertiary/aromatic N) is 2. The van der Waals surface area contributed by atoms with Crippen molar-refractivity contribution < 1.29 is 4.39 Å². The Balaban J connectivity index is 3.13. The van der Waals surface area contributed by atoms with Crippen LogP contribution in [-0.2, 0) is 0 Å². The van der Waals surface area contributed by atoms with Gasteiger partial charge in [0.05, 0.1) is 10.6 Å². The summed E-state index contributed by atoms with van der Waals surface area (Å²) in [6.45, 7) is 9.12. The maximum Gasteiger partial charge on any atom is 0.134 e. The molecule has 0 unspecified atom stereocenters. The zero-order valence-electron chi connectivity index (χ0n) is 9.87. The maximum absolute atomic E-state index is 13.7. The highest BCUT2D eigenvalue weighted by Crippen LogP contribution is 2.27. The van der Waals surface area contributed by atoms with Gasteiger partial charge >= 0.3 is 0 Å². The monoisotopic (exact) mass is 252 g/mol. The third-order valence-corrected chi connectivity index (χ3v) is 2.73. The first kappa shape index (κ1) is 13.5. The molecule has 0 aliphatic rings. The molecule has 0 saturated carbocycles. The summed E-state index contributed by atoms with van der Waals surface area (Å²) in [5, 5.41) is 0.327. The normalized spacial score (nSPS) is 11.2. The van der Waals surface area contributed by atoms with Crippen LogP contribution < -0.4 is 0 Å². The highest BCUT2D eigenvalue weighted by atomic mass is 35.5. The highest BCUT2D eigenvalue weighted by molar-refractivity contribution is 6.32. The first-order valence-corrected chi connectivity index (χ1v) is 5.39. The van der Waals surface area contributed by atoms with Crippen molar-refractivity contribution in [2.75, 3.05) is 7.05 Å². The molecule has 0 spiro atoms. The first-order valence-electron chi connectivity index (χ1n) is 5.01. The van der Waals surface area contributed by atoms with Gasteiger partial charge in [0.1, 0.15) is 11.7 Å². The van der Waals surface area contributed by atoms with E-state index in [-0.39, 0.29) is 5.56 Å². The van der Waals surface area contributed by atoms with Crippen LogP contribution in [0.5, 0.6) is 0 Å². The molecule has 0 N–H and O–H groups in total. The molecule has 0 aromatic heterocycles. The second kappa shape index (κ2) is 5.64. The summed E-state index contributed by atoms with van der Waals surface area (Å²) >= 11 is 5.96. The molecule has 0 saturated heterocycles. The molecular formula is C13H14ClFN2. The summed E-state index contributed by atoms with van der Waals surface area (Å²) in [5.74, 6) is 0.255. The fourth-order valence-corrected chi connectivity index (χ4v) is 1.63. The Labute approximate surface area is 106 Å². The van der Waals surface area contributed by atoms with Crippen molar-refractivity contribution in [3.8, 4) is 0 Å². The lowest BCUT2D eigenvalue weighted by atomic mass is 10.1. The van der Waals surface area contributed by atoms with Gasteiger partial charge < -0.3 is 4.90 Å². The van der Waals surface area contributed by atoms with E-state index in [2.05, 4.69) is 18.2 Å². The highest BCUT2D eigenvalue weighted by Gasteiger charge is 2.15. The SMILES string of the molecule is C=C/N=C(\C)N(C)C(=C)c1c(F)cccc1Cl. The third-order valence-electron chi connectivity index (χ3n) is 2.42. The minimum absolute atomic E-state index is 0.287. The molecule has 0 amide bonds. The van der Waals surface area contributed by atoms with E-state index in [1.165, 1.54) is 12.3 Å². The van der Waals surface area contributed by atoms with E-state index in [4.69, 9.17) is 11.6 Å². The maximum atomic E-state index is 13.7. The molecule has 0 bridgehead atoms. The van der Waals surface area contributed by atoms with Gasteiger partial charge in [0.2, 0.25) is 0 Å². The lowest BCUT2D eigenvalue weighted by Crippen LogP contribution is -2.22. The molecule has 90 valence electrons. The van der Waals surface area contributed by atoms with Crippen LogP contribution in [0, 0.1) is 5.82 Å². The van der Waals surface area contributed by atoms with Crippen molar-refractivity contribution >= 4 is 23.1 Å². The number of amidine groups is 1. The van der Waals surface area contributed by atoms with Crippen molar-refractivity contribution in [1.29, 1.82) is 0 Å². The van der Waals surface area contributed by atoms with Crippen molar-refractivity contribution in [2.24, 2.45) is 4.99 Å². The first-order chi connectivity index (χ1) is 7.99. The molecule has 0 fully saturated rings. The van der Waals surface area contributed by atoms with Crippen LogP contribution in [0.25, 0.3) is 5.70 Å². The Morgan fingerprint density at radius 3 is 2.71 bits per heavy atom. The number of aliphatic imine (C=N–C) groups is 1. The Kier molecular flexibility index (Phi) is 4.46.